The Bertz CT molecular complexity index is 2660. The largest absolute Gasteiger partial charge is 0.295 e. The Kier molecular flexibility index (Phi) is 2.52. The molecule has 0 aliphatic heterocycles. The van der Waals surface area contributed by atoms with Crippen LogP contribution in [0.1, 0.15) is 49.8 Å². The summed E-state index contributed by atoms with van der Waals surface area (Å²) < 4.78 is 126. The van der Waals surface area contributed by atoms with Crippen LogP contribution in [0.5, 0.6) is 0 Å². The number of rotatable bonds is 2. The van der Waals surface area contributed by atoms with Gasteiger partial charge in [0, 0.05) is 24.4 Å². The highest BCUT2D eigenvalue weighted by molar-refractivity contribution is 6.18. The number of benzene rings is 6. The molecule has 1 aromatic heterocycles. The number of fused-ring (bicyclic) bond motifs is 6. The van der Waals surface area contributed by atoms with Crippen molar-refractivity contribution >= 4 is 32.6 Å². The van der Waals surface area contributed by atoms with Gasteiger partial charge >= 0.3 is 0 Å². The highest BCUT2D eigenvalue weighted by atomic mass is 15.1. The van der Waals surface area contributed by atoms with Gasteiger partial charge in [0.25, 0.3) is 0 Å². The first-order valence-electron chi connectivity index (χ1n) is 19.5. The Balaban J connectivity index is 1.66. The number of hydrogen-bond acceptors (Lipinski definition) is 1. The van der Waals surface area contributed by atoms with Crippen LogP contribution in [0.2, 0.25) is 0 Å². The molecular formula is C37H28N2. The summed E-state index contributed by atoms with van der Waals surface area (Å²) in [6.07, 6.45) is 0. The number of imidazole rings is 1. The molecule has 186 valence electrons. The molecule has 2 heteroatoms. The summed E-state index contributed by atoms with van der Waals surface area (Å²) in [6.45, 7) is -4.51. The van der Waals surface area contributed by atoms with Gasteiger partial charge in [-0.2, -0.15) is 0 Å². The van der Waals surface area contributed by atoms with Crippen LogP contribution in [0.3, 0.4) is 0 Å². The number of nitrogens with zero attached hydrogens (tertiary/aromatic N) is 2. The predicted octanol–water partition coefficient (Wildman–Crippen LogP) is 9.61. The Morgan fingerprint density at radius 3 is 2.10 bits per heavy atom. The molecule has 8 rings (SSSR count). The van der Waals surface area contributed by atoms with E-state index in [0.717, 1.165) is 0 Å². The summed E-state index contributed by atoms with van der Waals surface area (Å²) in [4.78, 5) is 4.66. The monoisotopic (exact) mass is 514 g/mol. The average Bonchev–Trinajstić information content (AvgIpc) is 3.61. The van der Waals surface area contributed by atoms with E-state index < -0.39 is 67.5 Å². The number of aryl methyl sites for hydroxylation is 1. The Morgan fingerprint density at radius 2 is 1.36 bits per heavy atom. The molecule has 6 aromatic carbocycles. The number of para-hydroxylation sites is 2. The smallest absolute Gasteiger partial charge is 0.111 e. The fraction of sp³-hybridized carbons (Fsp3) is 0.108. The standard InChI is InChI=1S/C37H28N2/c1-23-38-33-18-10-11-19-34(33)39(23)36-29-15-6-4-13-27(29)35(28-14-5-7-16-30(28)36)24-20-21-26-25-12-8-9-17-31(25)37(2,3)32(26)22-24/h4-22H,1-3H3/i2D3,3D3,4D,5D,6D,7D,13D,14D,15D,16D. The first-order chi connectivity index (χ1) is 24.9. The molecule has 0 N–H and O–H groups in total. The van der Waals surface area contributed by atoms with Gasteiger partial charge in [0.05, 0.1) is 27.7 Å². The first-order valence-corrected chi connectivity index (χ1v) is 12.5. The lowest BCUT2D eigenvalue weighted by Gasteiger charge is -2.23. The van der Waals surface area contributed by atoms with Gasteiger partial charge in [-0.3, -0.25) is 4.57 Å². The molecule has 1 aliphatic carbocycles. The summed E-state index contributed by atoms with van der Waals surface area (Å²) in [6, 6.07) is 13.6. The van der Waals surface area contributed by atoms with Gasteiger partial charge < -0.3 is 0 Å². The fourth-order valence-electron chi connectivity index (χ4n) is 5.98. The van der Waals surface area contributed by atoms with Crippen LogP contribution < -0.4 is 0 Å². The molecule has 0 spiro atoms. The summed E-state index contributed by atoms with van der Waals surface area (Å²) in [5.41, 5.74) is -0.485. The van der Waals surface area contributed by atoms with Crippen LogP contribution in [-0.4, -0.2) is 9.55 Å². The highest BCUT2D eigenvalue weighted by Gasteiger charge is 2.35. The second-order valence-corrected chi connectivity index (χ2v) is 9.76. The van der Waals surface area contributed by atoms with Crippen molar-refractivity contribution in [1.29, 1.82) is 0 Å². The summed E-state index contributed by atoms with van der Waals surface area (Å²) >= 11 is 0. The van der Waals surface area contributed by atoms with Crippen molar-refractivity contribution < 1.29 is 19.2 Å². The van der Waals surface area contributed by atoms with E-state index in [9.17, 15) is 5.48 Å². The van der Waals surface area contributed by atoms with Crippen molar-refractivity contribution in [2.45, 2.75) is 26.0 Å². The molecule has 7 aromatic rings. The average molecular weight is 515 g/mol. The lowest BCUT2D eigenvalue weighted by atomic mass is 9.81. The molecule has 0 radical (unpaired) electrons. The van der Waals surface area contributed by atoms with Crippen molar-refractivity contribution in [3.05, 3.63) is 132 Å². The van der Waals surface area contributed by atoms with Gasteiger partial charge in [0.2, 0.25) is 0 Å². The van der Waals surface area contributed by atoms with E-state index >= 15 is 0 Å². The van der Waals surface area contributed by atoms with Gasteiger partial charge in [0.15, 0.2) is 0 Å². The van der Waals surface area contributed by atoms with E-state index in [1.165, 1.54) is 12.1 Å². The maximum Gasteiger partial charge on any atom is 0.111 e. The zero-order valence-electron chi connectivity index (χ0n) is 34.7. The number of aromatic nitrogens is 2. The van der Waals surface area contributed by atoms with Gasteiger partial charge in [-0.15, -0.1) is 0 Å². The van der Waals surface area contributed by atoms with Crippen molar-refractivity contribution in [3.63, 3.8) is 0 Å². The van der Waals surface area contributed by atoms with Crippen LogP contribution in [0, 0.1) is 6.92 Å². The van der Waals surface area contributed by atoms with Crippen LogP contribution in [-0.2, 0) is 5.41 Å². The minimum atomic E-state index is -3.10. The van der Waals surface area contributed by atoms with Crippen molar-refractivity contribution in [2.75, 3.05) is 0 Å². The summed E-state index contributed by atoms with van der Waals surface area (Å²) in [5.74, 6) is 0.386. The lowest BCUT2D eigenvalue weighted by Crippen LogP contribution is -2.14. The molecule has 1 heterocycles. The van der Waals surface area contributed by atoms with Crippen LogP contribution >= 0.6 is 0 Å². The topological polar surface area (TPSA) is 17.8 Å². The van der Waals surface area contributed by atoms with E-state index in [1.54, 1.807) is 66.1 Å². The van der Waals surface area contributed by atoms with Gasteiger partial charge in [-0.05, 0) is 69.3 Å². The van der Waals surface area contributed by atoms with Crippen LogP contribution in [0.15, 0.2) is 115 Å². The van der Waals surface area contributed by atoms with Gasteiger partial charge in [0.1, 0.15) is 5.82 Å². The molecule has 1 aliphatic rings. The Labute approximate surface area is 247 Å². The molecule has 2 nitrogen and oxygen atoms in total. The van der Waals surface area contributed by atoms with Crippen LogP contribution in [0.25, 0.3) is 60.5 Å². The van der Waals surface area contributed by atoms with Crippen molar-refractivity contribution in [1.82, 2.24) is 9.55 Å². The Morgan fingerprint density at radius 1 is 0.718 bits per heavy atom. The third kappa shape index (κ3) is 3.00. The maximum absolute atomic E-state index is 9.30. The minimum Gasteiger partial charge on any atom is -0.295 e. The van der Waals surface area contributed by atoms with E-state index in [4.69, 9.17) is 13.7 Å². The van der Waals surface area contributed by atoms with E-state index in [0.29, 0.717) is 28.0 Å². The van der Waals surface area contributed by atoms with E-state index in [-0.39, 0.29) is 49.5 Å². The van der Waals surface area contributed by atoms with Crippen molar-refractivity contribution in [2.24, 2.45) is 0 Å². The van der Waals surface area contributed by atoms with E-state index in [2.05, 4.69) is 4.98 Å². The quantitative estimate of drug-likeness (QED) is 0.210. The molecule has 0 bridgehead atoms. The third-order valence-electron chi connectivity index (χ3n) is 7.63. The second-order valence-electron chi connectivity index (χ2n) is 9.76. The molecule has 0 amide bonds. The fourth-order valence-corrected chi connectivity index (χ4v) is 5.98. The molecule has 0 saturated carbocycles. The van der Waals surface area contributed by atoms with Crippen molar-refractivity contribution in [3.8, 4) is 27.9 Å². The van der Waals surface area contributed by atoms with E-state index in [1.807, 2.05) is 0 Å². The normalized spacial score (nSPS) is 19.5. The zero-order chi connectivity index (χ0) is 38.3. The maximum atomic E-state index is 9.30. The molecule has 0 atom stereocenters. The van der Waals surface area contributed by atoms with Gasteiger partial charge in [-0.25, -0.2) is 4.98 Å². The summed E-state index contributed by atoms with van der Waals surface area (Å²) in [7, 11) is 0. The summed E-state index contributed by atoms with van der Waals surface area (Å²) in [5, 5.41) is -0.304. The molecular weight excluding hydrogens is 472 g/mol. The first kappa shape index (κ1) is 12.4. The van der Waals surface area contributed by atoms with Crippen LogP contribution in [0.4, 0.5) is 0 Å². The van der Waals surface area contributed by atoms with Gasteiger partial charge in [-0.1, -0.05) is 111 Å². The zero-order valence-corrected chi connectivity index (χ0v) is 20.7. The molecule has 39 heavy (non-hydrogen) atoms. The predicted molar refractivity (Wildman–Crippen MR) is 164 cm³/mol. The second kappa shape index (κ2) is 7.91. The minimum absolute atomic E-state index is 0.0245. The highest BCUT2D eigenvalue weighted by Crippen LogP contribution is 2.51. The number of hydrogen-bond donors (Lipinski definition) is 0. The Hall–Kier alpha value is -4.69. The molecule has 0 unspecified atom stereocenters. The SMILES string of the molecule is [2H]c1c([2H])c([2H])c2c(-n3c(C)nc4ccccc43)c3c([2H])c([2H])c([2H])c([2H])c3c(-c3ccc4c(c3)C(C([2H])([2H])[2H])(C([2H])([2H])[2H])c3ccccc3-4)c2c1[2H]. The lowest BCUT2D eigenvalue weighted by molar-refractivity contribution is 0.660. The molecule has 0 fully saturated rings. The molecule has 0 saturated heterocycles. The third-order valence-corrected chi connectivity index (χ3v) is 7.63.